The molecule has 0 saturated carbocycles. The van der Waals surface area contributed by atoms with Crippen LogP contribution in [0.4, 0.5) is 5.69 Å². The van der Waals surface area contributed by atoms with Gasteiger partial charge in [0.25, 0.3) is 5.69 Å². The minimum absolute atomic E-state index is 0.0314. The molecule has 0 spiro atoms. The third-order valence-electron chi connectivity index (χ3n) is 3.48. The van der Waals surface area contributed by atoms with Gasteiger partial charge in [-0.3, -0.25) is 10.1 Å². The second kappa shape index (κ2) is 6.81. The van der Waals surface area contributed by atoms with Crippen LogP contribution in [-0.2, 0) is 16.1 Å². The van der Waals surface area contributed by atoms with Crippen molar-refractivity contribution in [2.75, 3.05) is 20.3 Å². The molecule has 0 amide bonds. The quantitative estimate of drug-likeness (QED) is 0.416. The van der Waals surface area contributed by atoms with Gasteiger partial charge >= 0.3 is 0 Å². The van der Waals surface area contributed by atoms with Crippen molar-refractivity contribution in [2.45, 2.75) is 12.7 Å². The van der Waals surface area contributed by atoms with Crippen molar-refractivity contribution in [3.8, 4) is 5.75 Å². The first-order valence-electron chi connectivity index (χ1n) is 7.25. The normalized spacial score (nSPS) is 16.0. The zero-order chi connectivity index (χ0) is 17.1. The van der Waals surface area contributed by atoms with Crippen LogP contribution in [0.25, 0.3) is 5.57 Å². The number of nitro benzene ring substituents is 1. The Labute approximate surface area is 137 Å². The van der Waals surface area contributed by atoms with E-state index in [4.69, 9.17) is 18.7 Å². The van der Waals surface area contributed by atoms with E-state index in [1.807, 2.05) is 0 Å². The first kappa shape index (κ1) is 16.2. The minimum atomic E-state index is -0.474. The Kier molecular flexibility index (Phi) is 4.59. The van der Waals surface area contributed by atoms with Crippen LogP contribution in [-0.4, -0.2) is 36.5 Å². The number of methoxy groups -OCH3 is 1. The average Bonchev–Trinajstić information content (AvgIpc) is 3.29. The summed E-state index contributed by atoms with van der Waals surface area (Å²) in [6, 6.07) is 6.06. The van der Waals surface area contributed by atoms with Crippen LogP contribution in [0.3, 0.4) is 0 Å². The molecule has 1 aromatic heterocycles. The summed E-state index contributed by atoms with van der Waals surface area (Å²) in [5.74, 6) is 0.804. The van der Waals surface area contributed by atoms with Gasteiger partial charge in [0.15, 0.2) is 5.76 Å². The van der Waals surface area contributed by atoms with Gasteiger partial charge in [-0.2, -0.15) is 0 Å². The van der Waals surface area contributed by atoms with Gasteiger partial charge in [-0.1, -0.05) is 11.7 Å². The lowest BCUT2D eigenvalue weighted by molar-refractivity contribution is -0.384. The van der Waals surface area contributed by atoms with Gasteiger partial charge < -0.3 is 18.7 Å². The van der Waals surface area contributed by atoms with Crippen LogP contribution in [0.5, 0.6) is 5.75 Å². The van der Waals surface area contributed by atoms with E-state index in [1.54, 1.807) is 19.2 Å². The monoisotopic (exact) mass is 332 g/mol. The molecule has 3 rings (SSSR count). The molecule has 2 heterocycles. The lowest BCUT2D eigenvalue weighted by atomic mass is 10.0. The van der Waals surface area contributed by atoms with Crippen molar-refractivity contribution in [3.05, 3.63) is 58.0 Å². The smallest absolute Gasteiger partial charge is 0.273 e. The fraction of sp³-hybridized carbons (Fsp3) is 0.312. The summed E-state index contributed by atoms with van der Waals surface area (Å²) in [7, 11) is 1.56. The number of aromatic nitrogens is 1. The molecule has 1 atom stereocenters. The van der Waals surface area contributed by atoms with E-state index in [0.29, 0.717) is 48.2 Å². The molecule has 126 valence electrons. The topological polar surface area (TPSA) is 100 Å². The zero-order valence-electron chi connectivity index (χ0n) is 13.1. The zero-order valence-corrected chi connectivity index (χ0v) is 13.1. The van der Waals surface area contributed by atoms with Crippen LogP contribution in [0.1, 0.15) is 17.0 Å². The third-order valence-corrected chi connectivity index (χ3v) is 3.48. The molecule has 24 heavy (non-hydrogen) atoms. The molecule has 2 aromatic rings. The van der Waals surface area contributed by atoms with Crippen molar-refractivity contribution in [2.24, 2.45) is 0 Å². The summed E-state index contributed by atoms with van der Waals surface area (Å²) in [5.41, 5.74) is 1.69. The molecule has 0 radical (unpaired) electrons. The van der Waals surface area contributed by atoms with Gasteiger partial charge in [-0.25, -0.2) is 0 Å². The number of ether oxygens (including phenoxy) is 3. The highest BCUT2D eigenvalue weighted by molar-refractivity contribution is 5.79. The Balaban J connectivity index is 1.88. The Morgan fingerprint density at radius 1 is 1.50 bits per heavy atom. The van der Waals surface area contributed by atoms with Crippen molar-refractivity contribution in [1.29, 1.82) is 0 Å². The number of epoxide rings is 1. The Morgan fingerprint density at radius 2 is 2.29 bits per heavy atom. The van der Waals surface area contributed by atoms with Crippen LogP contribution >= 0.6 is 0 Å². The summed E-state index contributed by atoms with van der Waals surface area (Å²) in [6.07, 6.45) is 0.0314. The number of nitro groups is 1. The summed E-state index contributed by atoms with van der Waals surface area (Å²) < 4.78 is 21.0. The molecule has 1 aromatic carbocycles. The molecule has 0 N–H and O–H groups in total. The predicted octanol–water partition coefficient (Wildman–Crippen LogP) is 2.57. The molecule has 0 bridgehead atoms. The van der Waals surface area contributed by atoms with Crippen LogP contribution in [0, 0.1) is 10.1 Å². The van der Waals surface area contributed by atoms with Gasteiger partial charge in [0.1, 0.15) is 24.2 Å². The van der Waals surface area contributed by atoms with Crippen molar-refractivity contribution in [3.63, 3.8) is 0 Å². The van der Waals surface area contributed by atoms with Gasteiger partial charge in [-0.05, 0) is 6.07 Å². The summed E-state index contributed by atoms with van der Waals surface area (Å²) in [4.78, 5) is 10.5. The molecule has 1 fully saturated rings. The third kappa shape index (κ3) is 3.61. The van der Waals surface area contributed by atoms with E-state index in [9.17, 15) is 10.1 Å². The summed E-state index contributed by atoms with van der Waals surface area (Å²) >= 11 is 0. The molecule has 1 unspecified atom stereocenters. The molecule has 8 heteroatoms. The maximum absolute atomic E-state index is 11.0. The number of benzene rings is 1. The number of non-ortho nitro benzene ring substituents is 1. The minimum Gasteiger partial charge on any atom is -0.490 e. The lowest BCUT2D eigenvalue weighted by Gasteiger charge is -2.11. The van der Waals surface area contributed by atoms with E-state index in [-0.39, 0.29) is 11.8 Å². The van der Waals surface area contributed by atoms with Gasteiger partial charge in [0, 0.05) is 30.4 Å². The Morgan fingerprint density at radius 3 is 2.96 bits per heavy atom. The fourth-order valence-electron chi connectivity index (χ4n) is 2.14. The maximum atomic E-state index is 11.0. The fourth-order valence-corrected chi connectivity index (χ4v) is 2.14. The van der Waals surface area contributed by atoms with Crippen molar-refractivity contribution >= 4 is 11.3 Å². The lowest BCUT2D eigenvalue weighted by Crippen LogP contribution is -2.06. The molecular weight excluding hydrogens is 316 g/mol. The van der Waals surface area contributed by atoms with Gasteiger partial charge in [-0.15, -0.1) is 0 Å². The van der Waals surface area contributed by atoms with E-state index < -0.39 is 4.92 Å². The second-order valence-corrected chi connectivity index (χ2v) is 5.30. The highest BCUT2D eigenvalue weighted by Crippen LogP contribution is 2.33. The number of hydrogen-bond donors (Lipinski definition) is 0. The highest BCUT2D eigenvalue weighted by atomic mass is 16.6. The number of hydrogen-bond acceptors (Lipinski definition) is 7. The van der Waals surface area contributed by atoms with Crippen molar-refractivity contribution < 1.29 is 23.7 Å². The second-order valence-electron chi connectivity index (χ2n) is 5.30. The van der Waals surface area contributed by atoms with Gasteiger partial charge in [0.2, 0.25) is 0 Å². The first-order valence-corrected chi connectivity index (χ1v) is 7.25. The number of nitrogens with zero attached hydrogens (tertiary/aromatic N) is 2. The molecule has 1 aliphatic heterocycles. The SMILES string of the molecule is C=C(c1cc(COC)no1)c1ccc([N+](=O)[O-])cc1OCC1CO1. The van der Waals surface area contributed by atoms with Crippen molar-refractivity contribution in [1.82, 2.24) is 5.16 Å². The Bertz CT molecular complexity index is 766. The molecular formula is C16H16N2O6. The first-order chi connectivity index (χ1) is 11.6. The van der Waals surface area contributed by atoms with E-state index >= 15 is 0 Å². The van der Waals surface area contributed by atoms with E-state index in [0.717, 1.165) is 0 Å². The van der Waals surface area contributed by atoms with Gasteiger partial charge in [0.05, 0.1) is 24.2 Å². The largest absolute Gasteiger partial charge is 0.490 e. The van der Waals surface area contributed by atoms with E-state index in [1.165, 1.54) is 12.1 Å². The highest BCUT2D eigenvalue weighted by Gasteiger charge is 2.25. The standard InChI is InChI=1S/C16H16N2O6/c1-10(15-5-11(7-21-2)17-24-15)14-4-3-12(18(19)20)6-16(14)23-9-13-8-22-13/h3-6,13H,1,7-9H2,2H3. The predicted molar refractivity (Wildman–Crippen MR) is 83.7 cm³/mol. The van der Waals surface area contributed by atoms with Crippen LogP contribution < -0.4 is 4.74 Å². The molecule has 1 aliphatic rings. The number of rotatable bonds is 8. The molecule has 1 saturated heterocycles. The van der Waals surface area contributed by atoms with E-state index in [2.05, 4.69) is 11.7 Å². The van der Waals surface area contributed by atoms with Crippen LogP contribution in [0.15, 0.2) is 35.4 Å². The molecule has 0 aliphatic carbocycles. The Hall–Kier alpha value is -2.71. The molecule has 8 nitrogen and oxygen atoms in total. The average molecular weight is 332 g/mol. The summed E-state index contributed by atoms with van der Waals surface area (Å²) in [6.45, 7) is 5.27. The maximum Gasteiger partial charge on any atom is 0.273 e. The summed E-state index contributed by atoms with van der Waals surface area (Å²) in [5, 5.41) is 14.9. The van der Waals surface area contributed by atoms with Crippen LogP contribution in [0.2, 0.25) is 0 Å².